The predicted octanol–water partition coefficient (Wildman–Crippen LogP) is 2.55. The van der Waals surface area contributed by atoms with Gasteiger partial charge in [-0.2, -0.15) is 0 Å². The molecule has 6 nitrogen and oxygen atoms in total. The lowest BCUT2D eigenvalue weighted by molar-refractivity contribution is -0.129. The average Bonchev–Trinajstić information content (AvgIpc) is 2.81. The molecule has 24 heavy (non-hydrogen) atoms. The Morgan fingerprint density at radius 1 is 1.29 bits per heavy atom. The molecule has 2 aliphatic rings. The molecule has 3 rings (SSSR count). The van der Waals surface area contributed by atoms with E-state index in [2.05, 4.69) is 0 Å². The lowest BCUT2D eigenvalue weighted by Gasteiger charge is -2.26. The average molecular weight is 373 g/mol. The maximum absolute atomic E-state index is 12.3. The number of hydrogen-bond donors (Lipinski definition) is 1. The number of urea groups is 1. The van der Waals surface area contributed by atoms with Crippen molar-refractivity contribution in [3.05, 3.63) is 28.2 Å². The summed E-state index contributed by atoms with van der Waals surface area (Å²) in [6.45, 7) is 0.404. The number of amides is 3. The van der Waals surface area contributed by atoms with Gasteiger partial charge in [0.05, 0.1) is 11.6 Å². The Morgan fingerprint density at radius 3 is 2.83 bits per heavy atom. The van der Waals surface area contributed by atoms with Crippen LogP contribution in [0.2, 0.25) is 10.0 Å². The lowest BCUT2D eigenvalue weighted by Crippen LogP contribution is -2.40. The molecule has 2 aliphatic heterocycles. The Labute approximate surface area is 149 Å². The van der Waals surface area contributed by atoms with E-state index in [1.165, 1.54) is 0 Å². The van der Waals surface area contributed by atoms with Gasteiger partial charge >= 0.3 is 6.03 Å². The Morgan fingerprint density at radius 2 is 2.08 bits per heavy atom. The zero-order valence-corrected chi connectivity index (χ0v) is 14.5. The highest BCUT2D eigenvalue weighted by Crippen LogP contribution is 2.29. The van der Waals surface area contributed by atoms with Crippen LogP contribution in [0.25, 0.3) is 0 Å². The van der Waals surface area contributed by atoms with Crippen LogP contribution >= 0.6 is 23.2 Å². The van der Waals surface area contributed by atoms with Gasteiger partial charge in [0.25, 0.3) is 5.91 Å². The van der Waals surface area contributed by atoms with Crippen LogP contribution in [0.3, 0.4) is 0 Å². The van der Waals surface area contributed by atoms with Crippen molar-refractivity contribution in [2.75, 3.05) is 19.7 Å². The number of benzene rings is 1. The van der Waals surface area contributed by atoms with Gasteiger partial charge < -0.3 is 14.7 Å². The molecule has 1 aromatic rings. The first kappa shape index (κ1) is 17.3. The molecule has 0 radical (unpaired) electrons. The Kier molecular flexibility index (Phi) is 5.18. The van der Waals surface area contributed by atoms with Gasteiger partial charge in [0.1, 0.15) is 24.5 Å². The fourth-order valence-electron chi connectivity index (χ4n) is 3.05. The number of carbonyl (C=O) groups is 2. The van der Waals surface area contributed by atoms with E-state index < -0.39 is 6.10 Å². The summed E-state index contributed by atoms with van der Waals surface area (Å²) in [5.74, 6) is 0.110. The van der Waals surface area contributed by atoms with Crippen molar-refractivity contribution in [1.82, 2.24) is 9.80 Å². The van der Waals surface area contributed by atoms with Gasteiger partial charge in [-0.3, -0.25) is 9.69 Å². The number of β-amino-alcohol motifs (C(OH)–C–C–N with tert-alkyl or cyclic N) is 1. The third-order valence-electron chi connectivity index (χ3n) is 4.25. The van der Waals surface area contributed by atoms with Gasteiger partial charge in [-0.1, -0.05) is 23.2 Å². The number of fused-ring (bicyclic) bond motifs is 1. The zero-order chi connectivity index (χ0) is 17.3. The fourth-order valence-corrected chi connectivity index (χ4v) is 3.39. The molecule has 2 heterocycles. The first-order valence-corrected chi connectivity index (χ1v) is 8.61. The Balaban J connectivity index is 1.58. The van der Waals surface area contributed by atoms with E-state index in [1.807, 2.05) is 0 Å². The number of nitrogens with zero attached hydrogens (tertiary/aromatic N) is 2. The normalized spacial score (nSPS) is 21.9. The van der Waals surface area contributed by atoms with Gasteiger partial charge in [-0.05, 0) is 31.4 Å². The molecule has 2 fully saturated rings. The highest BCUT2D eigenvalue weighted by molar-refractivity contribution is 6.34. The predicted molar refractivity (Wildman–Crippen MR) is 89.4 cm³/mol. The summed E-state index contributed by atoms with van der Waals surface area (Å²) < 4.78 is 5.45. The highest BCUT2D eigenvalue weighted by Gasteiger charge is 2.46. The van der Waals surface area contributed by atoms with Gasteiger partial charge in [-0.15, -0.1) is 0 Å². The summed E-state index contributed by atoms with van der Waals surface area (Å²) in [5.41, 5.74) is 0. The van der Waals surface area contributed by atoms with Gasteiger partial charge in [0.15, 0.2) is 0 Å². The molecular formula is C16H18Cl2N2O4. The molecule has 3 amide bonds. The number of aliphatic hydroxyl groups excluding tert-OH is 1. The van der Waals surface area contributed by atoms with Crippen molar-refractivity contribution in [3.8, 4) is 5.75 Å². The van der Waals surface area contributed by atoms with Crippen molar-refractivity contribution < 1.29 is 19.4 Å². The molecule has 0 bridgehead atoms. The summed E-state index contributed by atoms with van der Waals surface area (Å²) in [5, 5.41) is 11.0. The van der Waals surface area contributed by atoms with Crippen molar-refractivity contribution in [2.45, 2.75) is 31.4 Å². The minimum Gasteiger partial charge on any atom is -0.489 e. The number of halogens is 2. The maximum Gasteiger partial charge on any atom is 0.327 e. The van der Waals surface area contributed by atoms with E-state index in [4.69, 9.17) is 27.9 Å². The molecule has 0 aliphatic carbocycles. The molecule has 0 aromatic heterocycles. The Hall–Kier alpha value is -1.50. The van der Waals surface area contributed by atoms with E-state index in [0.717, 1.165) is 17.7 Å². The van der Waals surface area contributed by atoms with Gasteiger partial charge in [0, 0.05) is 17.6 Å². The van der Waals surface area contributed by atoms with Crippen molar-refractivity contribution in [1.29, 1.82) is 0 Å². The first-order valence-electron chi connectivity index (χ1n) is 7.85. The van der Waals surface area contributed by atoms with Crippen LogP contribution in [0.5, 0.6) is 5.75 Å². The van der Waals surface area contributed by atoms with Gasteiger partial charge in [0.2, 0.25) is 0 Å². The molecular weight excluding hydrogens is 355 g/mol. The van der Waals surface area contributed by atoms with Crippen molar-refractivity contribution >= 4 is 35.1 Å². The number of ether oxygens (including phenoxy) is 1. The second-order valence-corrected chi connectivity index (χ2v) is 6.82. The number of hydrogen-bond acceptors (Lipinski definition) is 4. The van der Waals surface area contributed by atoms with Crippen LogP contribution in [0.15, 0.2) is 18.2 Å². The molecule has 1 N–H and O–H groups in total. The van der Waals surface area contributed by atoms with Crippen LogP contribution in [-0.2, 0) is 4.79 Å². The minimum atomic E-state index is -1.01. The van der Waals surface area contributed by atoms with Crippen molar-refractivity contribution in [2.24, 2.45) is 0 Å². The van der Waals surface area contributed by atoms with E-state index in [1.54, 1.807) is 23.1 Å². The number of aliphatic hydroxyl groups is 1. The third kappa shape index (κ3) is 3.45. The molecule has 2 atom stereocenters. The van der Waals surface area contributed by atoms with Crippen LogP contribution in [0.4, 0.5) is 4.79 Å². The largest absolute Gasteiger partial charge is 0.489 e. The molecule has 2 unspecified atom stereocenters. The quantitative estimate of drug-likeness (QED) is 0.806. The zero-order valence-electron chi connectivity index (χ0n) is 13.0. The second-order valence-electron chi connectivity index (χ2n) is 5.98. The summed E-state index contributed by atoms with van der Waals surface area (Å²) >= 11 is 11.9. The minimum absolute atomic E-state index is 0.0944. The van der Waals surface area contributed by atoms with Crippen LogP contribution < -0.4 is 4.74 Å². The molecule has 2 saturated heterocycles. The SMILES string of the molecule is O=C1C2CCCCN2C(=O)N1CC(O)COc1cc(Cl)ccc1Cl. The smallest absolute Gasteiger partial charge is 0.327 e. The first-order chi connectivity index (χ1) is 11.5. The Bertz CT molecular complexity index is 631. The number of piperidine rings is 1. The fraction of sp³-hybridized carbons (Fsp3) is 0.500. The third-order valence-corrected chi connectivity index (χ3v) is 4.80. The lowest BCUT2D eigenvalue weighted by atomic mass is 10.0. The summed E-state index contributed by atoms with van der Waals surface area (Å²) in [6, 6.07) is 4.07. The van der Waals surface area contributed by atoms with E-state index in [0.29, 0.717) is 28.8 Å². The summed E-state index contributed by atoms with van der Waals surface area (Å²) in [4.78, 5) is 27.3. The maximum atomic E-state index is 12.3. The molecule has 130 valence electrons. The molecule has 0 saturated carbocycles. The molecule has 8 heteroatoms. The monoisotopic (exact) mass is 372 g/mol. The van der Waals surface area contributed by atoms with Crippen LogP contribution in [-0.4, -0.2) is 58.7 Å². The second kappa shape index (κ2) is 7.17. The summed E-state index contributed by atoms with van der Waals surface area (Å²) in [7, 11) is 0. The molecule has 0 spiro atoms. The van der Waals surface area contributed by atoms with E-state index >= 15 is 0 Å². The van der Waals surface area contributed by atoms with E-state index in [9.17, 15) is 14.7 Å². The van der Waals surface area contributed by atoms with E-state index in [-0.39, 0.29) is 31.1 Å². The number of carbonyl (C=O) groups excluding carboxylic acids is 2. The highest BCUT2D eigenvalue weighted by atomic mass is 35.5. The topological polar surface area (TPSA) is 70.1 Å². The van der Waals surface area contributed by atoms with Crippen LogP contribution in [0, 0.1) is 0 Å². The number of imide groups is 1. The van der Waals surface area contributed by atoms with Gasteiger partial charge in [-0.25, -0.2) is 4.79 Å². The standard InChI is InChI=1S/C16H18Cl2N2O4/c17-10-4-5-12(18)14(7-10)24-9-11(21)8-20-15(22)13-3-1-2-6-19(13)16(20)23/h4-5,7,11,13,21H,1-3,6,8-9H2. The van der Waals surface area contributed by atoms with Crippen molar-refractivity contribution in [3.63, 3.8) is 0 Å². The summed E-state index contributed by atoms with van der Waals surface area (Å²) in [6.07, 6.45) is 1.52. The molecule has 1 aromatic carbocycles. The number of rotatable bonds is 5. The van der Waals surface area contributed by atoms with Crippen LogP contribution in [0.1, 0.15) is 19.3 Å².